The van der Waals surface area contributed by atoms with Gasteiger partial charge in [-0.1, -0.05) is 17.7 Å². The van der Waals surface area contributed by atoms with Crippen molar-refractivity contribution in [1.29, 1.82) is 0 Å². The van der Waals surface area contributed by atoms with Crippen molar-refractivity contribution < 1.29 is 9.53 Å². The first-order valence-corrected chi connectivity index (χ1v) is 12.0. The highest BCUT2D eigenvalue weighted by molar-refractivity contribution is 7.80. The molecule has 1 fully saturated rings. The average molecular weight is 519 g/mol. The number of aromatic nitrogens is 3. The molecule has 0 unspecified atom stereocenters. The molecule has 0 bridgehead atoms. The Balaban J connectivity index is 1.58. The van der Waals surface area contributed by atoms with E-state index in [1.54, 1.807) is 30.7 Å². The van der Waals surface area contributed by atoms with Crippen LogP contribution in [0.3, 0.4) is 0 Å². The van der Waals surface area contributed by atoms with Crippen LogP contribution >= 0.6 is 23.8 Å². The summed E-state index contributed by atoms with van der Waals surface area (Å²) in [6.45, 7) is -0.0575. The van der Waals surface area contributed by atoms with Crippen LogP contribution < -0.4 is 15.5 Å². The van der Waals surface area contributed by atoms with Gasteiger partial charge in [-0.2, -0.15) is 0 Å². The zero-order chi connectivity index (χ0) is 25.1. The van der Waals surface area contributed by atoms with Gasteiger partial charge in [0.2, 0.25) is 5.91 Å². The maximum Gasteiger partial charge on any atom is 0.250 e. The summed E-state index contributed by atoms with van der Waals surface area (Å²) in [4.78, 5) is 22.8. The minimum atomic E-state index is -0.284. The fourth-order valence-corrected chi connectivity index (χ4v) is 4.95. The standard InChI is InChI=1S/C26H23ClN6O2S/c1-35-16-23(34)30-20-8-7-18(15-19(20)27)33-25(24(31-26(33)36)21-5-2-3-11-29-21)22-6-4-14-32(22)17-9-12-28-13-10-17/h2-15,24-25H,16H2,1H3,(H,30,34)(H,31,36)/t24-,25+/m0/s1. The second-order valence-corrected chi connectivity index (χ2v) is 8.94. The number of amides is 1. The number of nitrogens with one attached hydrogen (secondary N) is 2. The van der Waals surface area contributed by atoms with E-state index >= 15 is 0 Å². The van der Waals surface area contributed by atoms with E-state index in [2.05, 4.69) is 31.2 Å². The van der Waals surface area contributed by atoms with Crippen LogP contribution in [-0.2, 0) is 9.53 Å². The molecule has 182 valence electrons. The van der Waals surface area contributed by atoms with Crippen molar-refractivity contribution in [3.05, 3.63) is 102 Å². The monoisotopic (exact) mass is 518 g/mol. The Labute approximate surface area is 218 Å². The maximum atomic E-state index is 12.0. The van der Waals surface area contributed by atoms with Gasteiger partial charge in [-0.25, -0.2) is 0 Å². The third-order valence-electron chi connectivity index (χ3n) is 5.90. The van der Waals surface area contributed by atoms with Gasteiger partial charge in [0.05, 0.1) is 22.4 Å². The quantitative estimate of drug-likeness (QED) is 0.343. The predicted molar refractivity (Wildman–Crippen MR) is 143 cm³/mol. The largest absolute Gasteiger partial charge is 0.375 e. The normalized spacial score (nSPS) is 17.2. The van der Waals surface area contributed by atoms with Gasteiger partial charge in [-0.3, -0.25) is 14.8 Å². The van der Waals surface area contributed by atoms with Gasteiger partial charge in [0.15, 0.2) is 5.11 Å². The molecule has 2 atom stereocenters. The number of hydrogen-bond donors (Lipinski definition) is 2. The maximum absolute atomic E-state index is 12.0. The Morgan fingerprint density at radius 2 is 1.94 bits per heavy atom. The molecule has 4 heterocycles. The topological polar surface area (TPSA) is 84.3 Å². The summed E-state index contributed by atoms with van der Waals surface area (Å²) < 4.78 is 7.01. The van der Waals surface area contributed by atoms with Crippen molar-refractivity contribution >= 4 is 46.2 Å². The summed E-state index contributed by atoms with van der Waals surface area (Å²) in [7, 11) is 1.46. The van der Waals surface area contributed by atoms with Gasteiger partial charge in [0.1, 0.15) is 12.6 Å². The van der Waals surface area contributed by atoms with Crippen molar-refractivity contribution in [3.63, 3.8) is 0 Å². The fraction of sp³-hybridized carbons (Fsp3) is 0.154. The summed E-state index contributed by atoms with van der Waals surface area (Å²) in [5.41, 5.74) is 4.14. The first-order valence-electron chi connectivity index (χ1n) is 11.2. The van der Waals surface area contributed by atoms with E-state index < -0.39 is 0 Å². The Morgan fingerprint density at radius 1 is 1.11 bits per heavy atom. The van der Waals surface area contributed by atoms with Crippen molar-refractivity contribution in [2.75, 3.05) is 23.9 Å². The summed E-state index contributed by atoms with van der Waals surface area (Å²) in [6.07, 6.45) is 7.32. The third-order valence-corrected chi connectivity index (χ3v) is 6.53. The van der Waals surface area contributed by atoms with E-state index in [0.717, 1.165) is 22.8 Å². The molecule has 36 heavy (non-hydrogen) atoms. The molecule has 1 aliphatic heterocycles. The molecule has 1 aliphatic rings. The molecule has 1 amide bonds. The Kier molecular flexibility index (Phi) is 6.95. The van der Waals surface area contributed by atoms with Crippen LogP contribution in [-0.4, -0.2) is 39.3 Å². The molecule has 1 aromatic carbocycles. The third kappa shape index (κ3) is 4.68. The minimum absolute atomic E-state index is 0.0575. The molecule has 0 radical (unpaired) electrons. The number of pyridine rings is 2. The molecule has 2 N–H and O–H groups in total. The molecule has 1 saturated heterocycles. The number of carbonyl (C=O) groups excluding carboxylic acids is 1. The lowest BCUT2D eigenvalue weighted by Crippen LogP contribution is -2.30. The fourth-order valence-electron chi connectivity index (χ4n) is 4.38. The summed E-state index contributed by atoms with van der Waals surface area (Å²) in [5, 5.41) is 7.16. The molecule has 4 aromatic rings. The Morgan fingerprint density at radius 3 is 2.67 bits per heavy atom. The lowest BCUT2D eigenvalue weighted by Gasteiger charge is -2.29. The number of rotatable bonds is 7. The van der Waals surface area contributed by atoms with Crippen LogP contribution in [0.25, 0.3) is 5.69 Å². The van der Waals surface area contributed by atoms with E-state index in [4.69, 9.17) is 28.6 Å². The molecule has 0 saturated carbocycles. The zero-order valence-electron chi connectivity index (χ0n) is 19.3. The van der Waals surface area contributed by atoms with E-state index in [1.165, 1.54) is 7.11 Å². The van der Waals surface area contributed by atoms with Crippen LogP contribution in [0.4, 0.5) is 11.4 Å². The lowest BCUT2D eigenvalue weighted by atomic mass is 10.0. The van der Waals surface area contributed by atoms with Gasteiger partial charge < -0.3 is 24.8 Å². The number of anilines is 2. The van der Waals surface area contributed by atoms with E-state index in [9.17, 15) is 4.79 Å². The second-order valence-electron chi connectivity index (χ2n) is 8.15. The van der Waals surface area contributed by atoms with E-state index in [0.29, 0.717) is 15.8 Å². The summed E-state index contributed by atoms with van der Waals surface area (Å²) in [6, 6.07) is 18.8. The van der Waals surface area contributed by atoms with Crippen molar-refractivity contribution in [2.24, 2.45) is 0 Å². The Hall–Kier alpha value is -3.79. The van der Waals surface area contributed by atoms with Crippen molar-refractivity contribution in [2.45, 2.75) is 12.1 Å². The summed E-state index contributed by atoms with van der Waals surface area (Å²) >= 11 is 12.4. The highest BCUT2D eigenvalue weighted by Crippen LogP contribution is 2.43. The SMILES string of the molecule is COCC(=O)Nc1ccc(N2C(=S)N[C@@H](c3ccccn3)[C@H]2c2cccn2-c2ccncc2)cc1Cl. The van der Waals surface area contributed by atoms with Crippen molar-refractivity contribution in [1.82, 2.24) is 19.9 Å². The molecule has 0 spiro atoms. The van der Waals surface area contributed by atoms with Gasteiger partial charge >= 0.3 is 0 Å². The van der Waals surface area contributed by atoms with Crippen LogP contribution in [0.15, 0.2) is 85.5 Å². The number of hydrogen-bond acceptors (Lipinski definition) is 5. The minimum Gasteiger partial charge on any atom is -0.375 e. The molecule has 3 aromatic heterocycles. The number of methoxy groups -OCH3 is 1. The first-order chi connectivity index (χ1) is 17.6. The van der Waals surface area contributed by atoms with Gasteiger partial charge in [-0.15, -0.1) is 0 Å². The molecule has 0 aliphatic carbocycles. The second kappa shape index (κ2) is 10.4. The molecular formula is C26H23ClN6O2S. The number of nitrogens with zero attached hydrogens (tertiary/aromatic N) is 4. The summed E-state index contributed by atoms with van der Waals surface area (Å²) in [5.74, 6) is -0.284. The number of ether oxygens (including phenoxy) is 1. The smallest absolute Gasteiger partial charge is 0.250 e. The highest BCUT2D eigenvalue weighted by Gasteiger charge is 2.42. The number of thiocarbonyl (C=S) groups is 1. The molecule has 5 rings (SSSR count). The first kappa shape index (κ1) is 23.9. The predicted octanol–water partition coefficient (Wildman–Crippen LogP) is 4.68. The van der Waals surface area contributed by atoms with Crippen LogP contribution in [0, 0.1) is 0 Å². The Bertz CT molecular complexity index is 1380. The van der Waals surface area contributed by atoms with Crippen LogP contribution in [0.2, 0.25) is 5.02 Å². The van der Waals surface area contributed by atoms with Crippen LogP contribution in [0.5, 0.6) is 0 Å². The van der Waals surface area contributed by atoms with E-state index in [1.807, 2.05) is 53.6 Å². The van der Waals surface area contributed by atoms with Crippen molar-refractivity contribution in [3.8, 4) is 5.69 Å². The molecular weight excluding hydrogens is 496 g/mol. The highest BCUT2D eigenvalue weighted by atomic mass is 35.5. The van der Waals surface area contributed by atoms with E-state index in [-0.39, 0.29) is 24.6 Å². The molecule has 8 nitrogen and oxygen atoms in total. The van der Waals surface area contributed by atoms with Gasteiger partial charge in [0.25, 0.3) is 0 Å². The van der Waals surface area contributed by atoms with Gasteiger partial charge in [-0.05, 0) is 66.8 Å². The van der Waals surface area contributed by atoms with Crippen LogP contribution in [0.1, 0.15) is 23.5 Å². The molecule has 10 heteroatoms. The van der Waals surface area contributed by atoms with Gasteiger partial charge in [0, 0.05) is 49.0 Å². The number of carbonyl (C=O) groups is 1. The average Bonchev–Trinajstić information content (AvgIpc) is 3.51. The zero-order valence-corrected chi connectivity index (χ0v) is 20.9. The lowest BCUT2D eigenvalue weighted by molar-refractivity contribution is -0.119. The number of benzene rings is 1. The number of halogens is 1.